The zero-order chi connectivity index (χ0) is 10.8. The summed E-state index contributed by atoms with van der Waals surface area (Å²) in [5, 5.41) is 2.01. The van der Waals surface area contributed by atoms with E-state index < -0.39 is 0 Å². The van der Waals surface area contributed by atoms with Crippen molar-refractivity contribution in [1.29, 1.82) is 0 Å². The van der Waals surface area contributed by atoms with E-state index in [-0.39, 0.29) is 0 Å². The van der Waals surface area contributed by atoms with Gasteiger partial charge in [0.05, 0.1) is 5.75 Å². The number of hydrogen-bond acceptors (Lipinski definition) is 5. The zero-order valence-corrected chi connectivity index (χ0v) is 10.1. The Kier molecular flexibility index (Phi) is 3.02. The maximum atomic E-state index is 10.3. The van der Waals surface area contributed by atoms with E-state index in [9.17, 15) is 4.79 Å². The highest BCUT2D eigenvalue weighted by Gasteiger charge is 2.11. The van der Waals surface area contributed by atoms with Crippen LogP contribution in [0.4, 0.5) is 0 Å². The van der Waals surface area contributed by atoms with Gasteiger partial charge in [0.25, 0.3) is 0 Å². The van der Waals surface area contributed by atoms with Crippen molar-refractivity contribution in [2.75, 3.05) is 5.75 Å². The molecular formula is C10H10N2OS2. The summed E-state index contributed by atoms with van der Waals surface area (Å²) in [7, 11) is 0. The first-order valence-corrected chi connectivity index (χ1v) is 6.31. The molecule has 0 aliphatic carbocycles. The third-order valence-corrected chi connectivity index (χ3v) is 4.22. The van der Waals surface area contributed by atoms with Gasteiger partial charge in [-0.3, -0.25) is 0 Å². The molecule has 2 aromatic rings. The van der Waals surface area contributed by atoms with E-state index in [4.69, 9.17) is 0 Å². The van der Waals surface area contributed by atoms with Gasteiger partial charge in [-0.15, -0.1) is 11.3 Å². The molecule has 0 aromatic carbocycles. The smallest absolute Gasteiger partial charge is 0.130 e. The summed E-state index contributed by atoms with van der Waals surface area (Å²) >= 11 is 3.14. The van der Waals surface area contributed by atoms with Gasteiger partial charge < -0.3 is 4.79 Å². The topological polar surface area (TPSA) is 42.9 Å². The molecule has 0 N–H and O–H groups in total. The summed E-state index contributed by atoms with van der Waals surface area (Å²) in [6, 6.07) is 0. The molecule has 78 valence electrons. The van der Waals surface area contributed by atoms with E-state index in [1.54, 1.807) is 17.7 Å². The number of thiophene rings is 1. The van der Waals surface area contributed by atoms with Crippen LogP contribution >= 0.6 is 23.1 Å². The number of fused-ring (bicyclic) bond motifs is 1. The number of carbonyl (C=O) groups excluding carboxylic acids is 1. The van der Waals surface area contributed by atoms with E-state index >= 15 is 0 Å². The molecule has 3 nitrogen and oxygen atoms in total. The Labute approximate surface area is 95.9 Å². The summed E-state index contributed by atoms with van der Waals surface area (Å²) in [6.07, 6.45) is 2.46. The fourth-order valence-corrected chi connectivity index (χ4v) is 3.18. The lowest BCUT2D eigenvalue weighted by molar-refractivity contribution is -0.105. The van der Waals surface area contributed by atoms with Gasteiger partial charge in [0.15, 0.2) is 0 Å². The molecule has 5 heteroatoms. The SMILES string of the molecule is Cc1sc2ncnc(SCC=O)c2c1C. The summed E-state index contributed by atoms with van der Waals surface area (Å²) < 4.78 is 0. The van der Waals surface area contributed by atoms with Gasteiger partial charge in [0.1, 0.15) is 22.5 Å². The molecule has 0 saturated heterocycles. The van der Waals surface area contributed by atoms with E-state index in [1.165, 1.54) is 22.2 Å². The van der Waals surface area contributed by atoms with Crippen LogP contribution in [-0.4, -0.2) is 22.0 Å². The number of carbonyl (C=O) groups is 1. The van der Waals surface area contributed by atoms with Crippen molar-refractivity contribution >= 4 is 39.6 Å². The molecule has 0 radical (unpaired) electrons. The highest BCUT2D eigenvalue weighted by atomic mass is 32.2. The first-order chi connectivity index (χ1) is 7.24. The van der Waals surface area contributed by atoms with Crippen LogP contribution in [0.1, 0.15) is 10.4 Å². The Balaban J connectivity index is 2.58. The fraction of sp³-hybridized carbons (Fsp3) is 0.300. The van der Waals surface area contributed by atoms with Crippen LogP contribution < -0.4 is 0 Å². The lowest BCUT2D eigenvalue weighted by atomic mass is 10.2. The van der Waals surface area contributed by atoms with Gasteiger partial charge in [-0.2, -0.15) is 0 Å². The average Bonchev–Trinajstić information content (AvgIpc) is 2.53. The van der Waals surface area contributed by atoms with Crippen LogP contribution in [0.15, 0.2) is 11.4 Å². The van der Waals surface area contributed by atoms with Crippen LogP contribution in [0.2, 0.25) is 0 Å². The van der Waals surface area contributed by atoms with Gasteiger partial charge in [-0.05, 0) is 19.4 Å². The maximum absolute atomic E-state index is 10.3. The molecule has 0 bridgehead atoms. The molecule has 0 amide bonds. The molecule has 2 aromatic heterocycles. The fourth-order valence-electron chi connectivity index (χ4n) is 1.37. The van der Waals surface area contributed by atoms with Gasteiger partial charge in [0, 0.05) is 10.3 Å². The molecule has 0 fully saturated rings. The number of hydrogen-bond donors (Lipinski definition) is 0. The Hall–Kier alpha value is -0.940. The molecular weight excluding hydrogens is 228 g/mol. The van der Waals surface area contributed by atoms with E-state index in [0.29, 0.717) is 5.75 Å². The van der Waals surface area contributed by atoms with Crippen LogP contribution in [0.25, 0.3) is 10.2 Å². The normalized spacial score (nSPS) is 10.8. The number of nitrogens with zero attached hydrogens (tertiary/aromatic N) is 2. The predicted octanol–water partition coefficient (Wildman–Crippen LogP) is 2.60. The van der Waals surface area contributed by atoms with E-state index in [2.05, 4.69) is 23.8 Å². The molecule has 15 heavy (non-hydrogen) atoms. The largest absolute Gasteiger partial charge is 0.302 e. The zero-order valence-electron chi connectivity index (χ0n) is 8.48. The number of aryl methyl sites for hydroxylation is 2. The third kappa shape index (κ3) is 1.89. The second-order valence-corrected chi connectivity index (χ2v) is 5.33. The summed E-state index contributed by atoms with van der Waals surface area (Å²) in [5.74, 6) is 0.445. The molecule has 0 atom stereocenters. The van der Waals surface area contributed by atoms with Gasteiger partial charge in [-0.25, -0.2) is 9.97 Å². The summed E-state index contributed by atoms with van der Waals surface area (Å²) in [4.78, 5) is 21.1. The molecule has 0 unspecified atom stereocenters. The van der Waals surface area contributed by atoms with Crippen LogP contribution in [0, 0.1) is 13.8 Å². The molecule has 2 rings (SSSR count). The van der Waals surface area contributed by atoms with Crippen molar-refractivity contribution in [3.63, 3.8) is 0 Å². The molecule has 0 saturated carbocycles. The minimum atomic E-state index is 0.445. The lowest BCUT2D eigenvalue weighted by Gasteiger charge is -1.99. The minimum Gasteiger partial charge on any atom is -0.302 e. The van der Waals surface area contributed by atoms with Crippen molar-refractivity contribution in [2.45, 2.75) is 18.9 Å². The predicted molar refractivity (Wildman–Crippen MR) is 63.7 cm³/mol. The Bertz CT molecular complexity index is 507. The van der Waals surface area contributed by atoms with Gasteiger partial charge in [0.2, 0.25) is 0 Å². The van der Waals surface area contributed by atoms with Gasteiger partial charge in [-0.1, -0.05) is 11.8 Å². The van der Waals surface area contributed by atoms with Crippen molar-refractivity contribution in [2.24, 2.45) is 0 Å². The first-order valence-electron chi connectivity index (χ1n) is 4.51. The van der Waals surface area contributed by atoms with E-state index in [0.717, 1.165) is 21.5 Å². The van der Waals surface area contributed by atoms with Crippen LogP contribution in [0.5, 0.6) is 0 Å². The number of aldehydes is 1. The Morgan fingerprint density at radius 1 is 1.47 bits per heavy atom. The molecule has 0 spiro atoms. The Morgan fingerprint density at radius 2 is 2.27 bits per heavy atom. The Morgan fingerprint density at radius 3 is 3.00 bits per heavy atom. The van der Waals surface area contributed by atoms with Crippen molar-refractivity contribution in [3.05, 3.63) is 16.8 Å². The van der Waals surface area contributed by atoms with Crippen molar-refractivity contribution in [1.82, 2.24) is 9.97 Å². The van der Waals surface area contributed by atoms with Gasteiger partial charge >= 0.3 is 0 Å². The minimum absolute atomic E-state index is 0.445. The standard InChI is InChI=1S/C10H10N2OS2/c1-6-7(2)15-10-8(6)9(11-5-12-10)14-4-3-13/h3,5H,4H2,1-2H3. The van der Waals surface area contributed by atoms with Crippen molar-refractivity contribution < 1.29 is 4.79 Å². The first kappa shape index (κ1) is 10.6. The van der Waals surface area contributed by atoms with Crippen LogP contribution in [0.3, 0.4) is 0 Å². The number of rotatable bonds is 3. The highest BCUT2D eigenvalue weighted by molar-refractivity contribution is 8.00. The summed E-state index contributed by atoms with van der Waals surface area (Å²) in [5.41, 5.74) is 1.23. The summed E-state index contributed by atoms with van der Waals surface area (Å²) in [6.45, 7) is 4.15. The second-order valence-electron chi connectivity index (χ2n) is 3.12. The quantitative estimate of drug-likeness (QED) is 0.468. The average molecular weight is 238 g/mol. The molecule has 0 aliphatic heterocycles. The van der Waals surface area contributed by atoms with Crippen LogP contribution in [-0.2, 0) is 4.79 Å². The maximum Gasteiger partial charge on any atom is 0.130 e. The van der Waals surface area contributed by atoms with Crippen molar-refractivity contribution in [3.8, 4) is 0 Å². The second kappa shape index (κ2) is 4.28. The number of aromatic nitrogens is 2. The third-order valence-electron chi connectivity index (χ3n) is 2.22. The monoisotopic (exact) mass is 238 g/mol. The molecule has 0 aliphatic rings. The lowest BCUT2D eigenvalue weighted by Crippen LogP contribution is -1.87. The molecule has 2 heterocycles. The number of thioether (sulfide) groups is 1. The highest BCUT2D eigenvalue weighted by Crippen LogP contribution is 2.33. The van der Waals surface area contributed by atoms with E-state index in [1.807, 2.05) is 0 Å².